The number of amides is 1. The van der Waals surface area contributed by atoms with Crippen LogP contribution in [0.25, 0.3) is 0 Å². The highest BCUT2D eigenvalue weighted by Gasteiger charge is 2.29. The van der Waals surface area contributed by atoms with Crippen molar-refractivity contribution in [3.8, 4) is 5.75 Å². The lowest BCUT2D eigenvalue weighted by atomic mass is 10.1. The predicted octanol–water partition coefficient (Wildman–Crippen LogP) is 3.20. The normalized spacial score (nSPS) is 13.9. The average Bonchev–Trinajstić information content (AvgIpc) is 3.05. The zero-order valence-corrected chi connectivity index (χ0v) is 15.3. The first-order valence-corrected chi connectivity index (χ1v) is 8.74. The highest BCUT2D eigenvalue weighted by molar-refractivity contribution is 5.99. The Morgan fingerprint density at radius 1 is 1.15 bits per heavy atom. The highest BCUT2D eigenvalue weighted by atomic mass is 16.6. The lowest BCUT2D eigenvalue weighted by Crippen LogP contribution is -2.39. The van der Waals surface area contributed by atoms with Crippen molar-refractivity contribution in [2.45, 2.75) is 33.3 Å². The van der Waals surface area contributed by atoms with Gasteiger partial charge in [-0.2, -0.15) is 0 Å². The quantitative estimate of drug-likeness (QED) is 0.775. The van der Waals surface area contributed by atoms with E-state index in [4.69, 9.17) is 9.47 Å². The minimum atomic E-state index is -0.851. The van der Waals surface area contributed by atoms with Crippen LogP contribution < -0.4 is 9.64 Å². The number of hydrogen-bond donors (Lipinski definition) is 0. The average molecular weight is 353 g/mol. The van der Waals surface area contributed by atoms with E-state index < -0.39 is 12.1 Å². The maximum Gasteiger partial charge on any atom is 0.344 e. The summed E-state index contributed by atoms with van der Waals surface area (Å²) in [7, 11) is 0. The number of esters is 1. The van der Waals surface area contributed by atoms with Crippen LogP contribution in [0.15, 0.2) is 42.5 Å². The van der Waals surface area contributed by atoms with Crippen molar-refractivity contribution in [2.75, 3.05) is 18.1 Å². The number of fused-ring (bicyclic) bond motifs is 1. The summed E-state index contributed by atoms with van der Waals surface area (Å²) in [5.74, 6) is -0.122. The lowest BCUT2D eigenvalue weighted by Gasteiger charge is -2.21. The minimum Gasteiger partial charge on any atom is -0.482 e. The topological polar surface area (TPSA) is 55.8 Å². The van der Waals surface area contributed by atoms with Crippen LogP contribution in [-0.4, -0.2) is 31.1 Å². The lowest BCUT2D eigenvalue weighted by molar-refractivity contribution is -0.155. The molecule has 0 unspecified atom stereocenters. The van der Waals surface area contributed by atoms with Gasteiger partial charge in [0, 0.05) is 12.2 Å². The van der Waals surface area contributed by atoms with Crippen molar-refractivity contribution in [1.29, 1.82) is 0 Å². The van der Waals surface area contributed by atoms with Crippen molar-refractivity contribution >= 4 is 17.6 Å². The second-order valence-corrected chi connectivity index (χ2v) is 6.56. The van der Waals surface area contributed by atoms with Crippen LogP contribution in [0, 0.1) is 13.8 Å². The third-order valence-corrected chi connectivity index (χ3v) is 4.50. The van der Waals surface area contributed by atoms with E-state index in [1.165, 1.54) is 0 Å². The maximum absolute atomic E-state index is 12.6. The SMILES string of the molecule is Cc1ccc(C)c(OCC(=O)O[C@H](C)C(=O)N2CCc3ccccc32)c1. The van der Waals surface area contributed by atoms with Crippen molar-refractivity contribution < 1.29 is 19.1 Å². The molecule has 1 amide bonds. The summed E-state index contributed by atoms with van der Waals surface area (Å²) in [6.07, 6.45) is -0.0333. The van der Waals surface area contributed by atoms with Gasteiger partial charge in [0.1, 0.15) is 5.75 Å². The summed E-state index contributed by atoms with van der Waals surface area (Å²) in [4.78, 5) is 26.4. The predicted molar refractivity (Wildman–Crippen MR) is 99.5 cm³/mol. The van der Waals surface area contributed by atoms with E-state index in [2.05, 4.69) is 0 Å². The molecule has 1 atom stereocenters. The number of ether oxygens (including phenoxy) is 2. The van der Waals surface area contributed by atoms with Crippen LogP contribution in [0.1, 0.15) is 23.6 Å². The highest BCUT2D eigenvalue weighted by Crippen LogP contribution is 2.28. The molecule has 5 nitrogen and oxygen atoms in total. The van der Waals surface area contributed by atoms with Gasteiger partial charge in [-0.3, -0.25) is 4.79 Å². The van der Waals surface area contributed by atoms with Gasteiger partial charge in [0.15, 0.2) is 12.7 Å². The zero-order valence-electron chi connectivity index (χ0n) is 15.3. The molecular formula is C21H23NO4. The summed E-state index contributed by atoms with van der Waals surface area (Å²) < 4.78 is 10.8. The van der Waals surface area contributed by atoms with Gasteiger partial charge >= 0.3 is 5.97 Å². The van der Waals surface area contributed by atoms with Crippen molar-refractivity contribution in [3.63, 3.8) is 0 Å². The number of aryl methyl sites for hydroxylation is 2. The van der Waals surface area contributed by atoms with Gasteiger partial charge in [-0.25, -0.2) is 4.79 Å². The van der Waals surface area contributed by atoms with Gasteiger partial charge in [0.2, 0.25) is 0 Å². The first-order chi connectivity index (χ1) is 12.5. The molecule has 136 valence electrons. The Hall–Kier alpha value is -2.82. The molecule has 5 heteroatoms. The second-order valence-electron chi connectivity index (χ2n) is 6.56. The summed E-state index contributed by atoms with van der Waals surface area (Å²) in [5, 5.41) is 0. The molecular weight excluding hydrogens is 330 g/mol. The fourth-order valence-electron chi connectivity index (χ4n) is 3.07. The molecule has 0 aromatic heterocycles. The number of hydrogen-bond acceptors (Lipinski definition) is 4. The van der Waals surface area contributed by atoms with Crippen LogP contribution >= 0.6 is 0 Å². The Bertz CT molecular complexity index is 831. The number of rotatable bonds is 5. The monoisotopic (exact) mass is 353 g/mol. The number of para-hydroxylation sites is 1. The van der Waals surface area contributed by atoms with E-state index in [0.29, 0.717) is 12.3 Å². The molecule has 2 aromatic carbocycles. The molecule has 26 heavy (non-hydrogen) atoms. The van der Waals surface area contributed by atoms with Crippen LogP contribution in [0.5, 0.6) is 5.75 Å². The first kappa shape index (κ1) is 18.0. The van der Waals surface area contributed by atoms with Crippen LogP contribution in [0.3, 0.4) is 0 Å². The molecule has 2 aromatic rings. The molecule has 1 aliphatic rings. The molecule has 1 heterocycles. The molecule has 0 saturated carbocycles. The third kappa shape index (κ3) is 3.87. The van der Waals surface area contributed by atoms with Gasteiger partial charge in [-0.1, -0.05) is 30.3 Å². The second kappa shape index (κ2) is 7.60. The summed E-state index contributed by atoms with van der Waals surface area (Å²) in [6, 6.07) is 13.6. The molecule has 0 N–H and O–H groups in total. The Kier molecular flexibility index (Phi) is 5.26. The van der Waals surface area contributed by atoms with E-state index in [1.807, 2.05) is 56.3 Å². The van der Waals surface area contributed by atoms with Crippen molar-refractivity contribution in [1.82, 2.24) is 0 Å². The Morgan fingerprint density at radius 3 is 2.73 bits per heavy atom. The maximum atomic E-state index is 12.6. The van der Waals surface area contributed by atoms with Gasteiger partial charge in [0.25, 0.3) is 5.91 Å². The van der Waals surface area contributed by atoms with Crippen LogP contribution in [-0.2, 0) is 20.7 Å². The number of carbonyl (C=O) groups excluding carboxylic acids is 2. The standard InChI is InChI=1S/C21H23NO4/c1-14-8-9-15(2)19(12-14)25-13-20(23)26-16(3)21(24)22-11-10-17-6-4-5-7-18(17)22/h4-9,12,16H,10-11,13H2,1-3H3/t16-/m1/s1. The molecule has 0 aliphatic carbocycles. The Morgan fingerprint density at radius 2 is 1.92 bits per heavy atom. The number of anilines is 1. The van der Waals surface area contributed by atoms with Crippen LogP contribution in [0.4, 0.5) is 5.69 Å². The number of benzene rings is 2. The summed E-state index contributed by atoms with van der Waals surface area (Å²) in [5.41, 5.74) is 4.03. The van der Waals surface area contributed by atoms with Gasteiger partial charge in [-0.15, -0.1) is 0 Å². The Balaban J connectivity index is 1.56. The van der Waals surface area contributed by atoms with E-state index in [9.17, 15) is 9.59 Å². The van der Waals surface area contributed by atoms with Crippen molar-refractivity contribution in [3.05, 3.63) is 59.2 Å². The van der Waals surface area contributed by atoms with Gasteiger partial charge in [-0.05, 0) is 56.0 Å². The molecule has 3 rings (SSSR count). The van der Waals surface area contributed by atoms with Crippen molar-refractivity contribution in [2.24, 2.45) is 0 Å². The largest absolute Gasteiger partial charge is 0.482 e. The van der Waals surface area contributed by atoms with E-state index >= 15 is 0 Å². The zero-order chi connectivity index (χ0) is 18.7. The molecule has 0 radical (unpaired) electrons. The molecule has 0 bridgehead atoms. The third-order valence-electron chi connectivity index (χ3n) is 4.50. The number of carbonyl (C=O) groups is 2. The first-order valence-electron chi connectivity index (χ1n) is 8.74. The summed E-state index contributed by atoms with van der Waals surface area (Å²) in [6.45, 7) is 5.85. The Labute approximate surface area is 153 Å². The molecule has 1 aliphatic heterocycles. The smallest absolute Gasteiger partial charge is 0.344 e. The molecule has 0 fully saturated rings. The van der Waals surface area contributed by atoms with E-state index in [-0.39, 0.29) is 12.5 Å². The number of nitrogens with zero attached hydrogens (tertiary/aromatic N) is 1. The van der Waals surface area contributed by atoms with E-state index in [0.717, 1.165) is 28.8 Å². The van der Waals surface area contributed by atoms with Gasteiger partial charge < -0.3 is 14.4 Å². The minimum absolute atomic E-state index is 0.213. The molecule has 0 spiro atoms. The molecule has 0 saturated heterocycles. The van der Waals surface area contributed by atoms with Gasteiger partial charge in [0.05, 0.1) is 0 Å². The fraction of sp³-hybridized carbons (Fsp3) is 0.333. The van der Waals surface area contributed by atoms with E-state index in [1.54, 1.807) is 11.8 Å². The fourth-order valence-corrected chi connectivity index (χ4v) is 3.07. The van der Waals surface area contributed by atoms with Crippen LogP contribution in [0.2, 0.25) is 0 Å². The summed E-state index contributed by atoms with van der Waals surface area (Å²) >= 11 is 0.